The quantitative estimate of drug-likeness (QED) is 0.399. The third-order valence-electron chi connectivity index (χ3n) is 1.15. The van der Waals surface area contributed by atoms with E-state index in [1.807, 2.05) is 0 Å². The zero-order valence-electron chi connectivity index (χ0n) is 6.00. The van der Waals surface area contributed by atoms with Crippen molar-refractivity contribution in [1.82, 2.24) is 9.97 Å². The fourth-order valence-electron chi connectivity index (χ4n) is 0.704. The number of aryl methyl sites for hydroxylation is 1. The molecule has 0 aliphatic carbocycles. The lowest BCUT2D eigenvalue weighted by atomic mass is 10.5. The summed E-state index contributed by atoms with van der Waals surface area (Å²) in [4.78, 5) is 25.9. The summed E-state index contributed by atoms with van der Waals surface area (Å²) >= 11 is 5.36. The molecule has 1 N–H and O–H groups in total. The van der Waals surface area contributed by atoms with Crippen LogP contribution in [0, 0.1) is 17.0 Å². The van der Waals surface area contributed by atoms with E-state index in [2.05, 4.69) is 9.97 Å². The molecule has 12 heavy (non-hydrogen) atoms. The molecule has 0 saturated carbocycles. The largest absolute Gasteiger partial charge is 0.370 e. The second-order valence-corrected chi connectivity index (χ2v) is 2.41. The van der Waals surface area contributed by atoms with Crippen molar-refractivity contribution in [3.63, 3.8) is 0 Å². The number of rotatable bonds is 1. The van der Waals surface area contributed by atoms with Crippen LogP contribution in [0.4, 0.5) is 5.69 Å². The van der Waals surface area contributed by atoms with Gasteiger partial charge in [0.2, 0.25) is 5.15 Å². The SMILES string of the molecule is Cc1nc(Cl)c([N+](=O)[O-])c(=O)[nH]1. The molecule has 1 rings (SSSR count). The number of hydrogen-bond donors (Lipinski definition) is 1. The summed E-state index contributed by atoms with van der Waals surface area (Å²) in [5.41, 5.74) is -1.56. The van der Waals surface area contributed by atoms with E-state index < -0.39 is 16.2 Å². The molecule has 0 bridgehead atoms. The van der Waals surface area contributed by atoms with Crippen LogP contribution in [0.5, 0.6) is 0 Å². The first-order valence-electron chi connectivity index (χ1n) is 2.93. The Morgan fingerprint density at radius 3 is 2.67 bits per heavy atom. The van der Waals surface area contributed by atoms with Crippen LogP contribution in [0.3, 0.4) is 0 Å². The maximum Gasteiger partial charge on any atom is 0.370 e. The third kappa shape index (κ3) is 1.42. The Kier molecular flexibility index (Phi) is 2.09. The summed E-state index contributed by atoms with van der Waals surface area (Å²) in [6, 6.07) is 0. The molecule has 0 spiro atoms. The fourth-order valence-corrected chi connectivity index (χ4v) is 0.985. The van der Waals surface area contributed by atoms with Gasteiger partial charge in [-0.1, -0.05) is 11.6 Å². The van der Waals surface area contributed by atoms with Crippen LogP contribution in [0.1, 0.15) is 5.82 Å². The highest BCUT2D eigenvalue weighted by atomic mass is 35.5. The van der Waals surface area contributed by atoms with Crippen LogP contribution in [-0.4, -0.2) is 14.9 Å². The van der Waals surface area contributed by atoms with E-state index in [-0.39, 0.29) is 11.0 Å². The second kappa shape index (κ2) is 2.90. The third-order valence-corrected chi connectivity index (χ3v) is 1.42. The van der Waals surface area contributed by atoms with Crippen molar-refractivity contribution in [2.24, 2.45) is 0 Å². The van der Waals surface area contributed by atoms with Crippen LogP contribution >= 0.6 is 11.6 Å². The summed E-state index contributed by atoms with van der Waals surface area (Å²) in [5.74, 6) is 0.246. The molecule has 7 heteroatoms. The zero-order chi connectivity index (χ0) is 9.30. The van der Waals surface area contributed by atoms with Gasteiger partial charge in [0.25, 0.3) is 0 Å². The molecule has 0 fully saturated rings. The van der Waals surface area contributed by atoms with E-state index in [4.69, 9.17) is 11.6 Å². The highest BCUT2D eigenvalue weighted by Crippen LogP contribution is 2.14. The van der Waals surface area contributed by atoms with Crippen LogP contribution in [0.2, 0.25) is 5.15 Å². The highest BCUT2D eigenvalue weighted by Gasteiger charge is 2.19. The second-order valence-electron chi connectivity index (χ2n) is 2.05. The first-order valence-corrected chi connectivity index (χ1v) is 3.31. The molecule has 1 heterocycles. The minimum atomic E-state index is -0.867. The van der Waals surface area contributed by atoms with E-state index in [1.165, 1.54) is 6.92 Å². The maximum absolute atomic E-state index is 10.9. The Labute approximate surface area is 71.4 Å². The first-order chi connectivity index (χ1) is 5.52. The molecule has 0 radical (unpaired) electrons. The number of nitro groups is 1. The molecule has 6 nitrogen and oxygen atoms in total. The molecule has 0 saturated heterocycles. The Bertz CT molecular complexity index is 386. The van der Waals surface area contributed by atoms with Crippen molar-refractivity contribution in [3.05, 3.63) is 31.4 Å². The first kappa shape index (κ1) is 8.66. The summed E-state index contributed by atoms with van der Waals surface area (Å²) in [7, 11) is 0. The summed E-state index contributed by atoms with van der Waals surface area (Å²) in [6.07, 6.45) is 0. The minimum Gasteiger partial charge on any atom is -0.305 e. The number of halogens is 1. The number of aromatic amines is 1. The number of H-pyrrole nitrogens is 1. The van der Waals surface area contributed by atoms with Crippen molar-refractivity contribution >= 4 is 17.3 Å². The molecule has 0 aromatic carbocycles. The van der Waals surface area contributed by atoms with Gasteiger partial charge in [0.1, 0.15) is 5.82 Å². The van der Waals surface area contributed by atoms with E-state index in [0.717, 1.165) is 0 Å². The number of hydrogen-bond acceptors (Lipinski definition) is 4. The lowest BCUT2D eigenvalue weighted by Crippen LogP contribution is -2.14. The molecule has 0 unspecified atom stereocenters. The van der Waals surface area contributed by atoms with Gasteiger partial charge in [0.15, 0.2) is 0 Å². The summed E-state index contributed by atoms with van der Waals surface area (Å²) in [5, 5.41) is 9.83. The molecular weight excluding hydrogens is 186 g/mol. The van der Waals surface area contributed by atoms with Crippen LogP contribution < -0.4 is 5.56 Å². The van der Waals surface area contributed by atoms with Crippen LogP contribution in [-0.2, 0) is 0 Å². The predicted molar refractivity (Wildman–Crippen MR) is 41.3 cm³/mol. The van der Waals surface area contributed by atoms with Gasteiger partial charge in [-0.25, -0.2) is 4.98 Å². The average molecular weight is 190 g/mol. The highest BCUT2D eigenvalue weighted by molar-refractivity contribution is 6.31. The van der Waals surface area contributed by atoms with Gasteiger partial charge < -0.3 is 4.98 Å². The molecule has 0 amide bonds. The Morgan fingerprint density at radius 1 is 1.67 bits per heavy atom. The molecular formula is C5H4ClN3O3. The van der Waals surface area contributed by atoms with E-state index >= 15 is 0 Å². The normalized spacial score (nSPS) is 9.83. The van der Waals surface area contributed by atoms with Gasteiger partial charge in [-0.15, -0.1) is 0 Å². The zero-order valence-corrected chi connectivity index (χ0v) is 6.75. The number of nitrogens with one attached hydrogen (secondary N) is 1. The topological polar surface area (TPSA) is 88.9 Å². The minimum absolute atomic E-state index is 0.246. The smallest absolute Gasteiger partial charge is 0.305 e. The van der Waals surface area contributed by atoms with Crippen LogP contribution in [0.15, 0.2) is 4.79 Å². The van der Waals surface area contributed by atoms with Crippen LogP contribution in [0.25, 0.3) is 0 Å². The van der Waals surface area contributed by atoms with E-state index in [1.54, 1.807) is 0 Å². The lowest BCUT2D eigenvalue weighted by Gasteiger charge is -1.94. The molecule has 0 atom stereocenters. The number of aromatic nitrogens is 2. The summed E-state index contributed by atoms with van der Waals surface area (Å²) in [6.45, 7) is 1.48. The van der Waals surface area contributed by atoms with Crippen molar-refractivity contribution in [1.29, 1.82) is 0 Å². The van der Waals surface area contributed by atoms with Gasteiger partial charge >= 0.3 is 11.2 Å². The van der Waals surface area contributed by atoms with Gasteiger partial charge in [-0.05, 0) is 6.92 Å². The maximum atomic E-state index is 10.9. The van der Waals surface area contributed by atoms with Gasteiger partial charge in [-0.2, -0.15) is 0 Å². The van der Waals surface area contributed by atoms with Gasteiger partial charge in [-0.3, -0.25) is 14.9 Å². The van der Waals surface area contributed by atoms with E-state index in [0.29, 0.717) is 0 Å². The average Bonchev–Trinajstić information content (AvgIpc) is 1.82. The Hall–Kier alpha value is -1.43. The molecule has 0 aliphatic heterocycles. The van der Waals surface area contributed by atoms with E-state index in [9.17, 15) is 14.9 Å². The molecule has 0 aliphatic rings. The fraction of sp³-hybridized carbons (Fsp3) is 0.200. The van der Waals surface area contributed by atoms with Crippen molar-refractivity contribution in [3.8, 4) is 0 Å². The van der Waals surface area contributed by atoms with Crippen molar-refractivity contribution in [2.45, 2.75) is 6.92 Å². The van der Waals surface area contributed by atoms with Gasteiger partial charge in [0.05, 0.1) is 4.92 Å². The van der Waals surface area contributed by atoms with Crippen molar-refractivity contribution in [2.75, 3.05) is 0 Å². The Morgan fingerprint density at radius 2 is 2.25 bits per heavy atom. The molecule has 1 aromatic rings. The molecule has 64 valence electrons. The predicted octanol–water partition coefficient (Wildman–Crippen LogP) is 0.640. The van der Waals surface area contributed by atoms with Gasteiger partial charge in [0, 0.05) is 0 Å². The lowest BCUT2D eigenvalue weighted by molar-refractivity contribution is -0.386. The van der Waals surface area contributed by atoms with Crippen molar-refractivity contribution < 1.29 is 4.92 Å². The number of nitrogens with zero attached hydrogens (tertiary/aromatic N) is 2. The summed E-state index contributed by atoms with van der Waals surface area (Å²) < 4.78 is 0. The Balaban J connectivity index is 3.49. The standard InChI is InChI=1S/C5H4ClN3O3/c1-2-7-4(6)3(9(11)12)5(10)8-2/h1H3,(H,7,8,10). The molecule has 1 aromatic heterocycles. The monoisotopic (exact) mass is 189 g/mol.